The Bertz CT molecular complexity index is 597. The number of benzene rings is 2. The van der Waals surface area contributed by atoms with Crippen LogP contribution in [-0.2, 0) is 6.42 Å². The van der Waals surface area contributed by atoms with Gasteiger partial charge < -0.3 is 4.74 Å². The van der Waals surface area contributed by atoms with E-state index in [9.17, 15) is 8.78 Å². The van der Waals surface area contributed by atoms with Crippen LogP contribution in [0.15, 0.2) is 36.4 Å². The van der Waals surface area contributed by atoms with Gasteiger partial charge in [0, 0.05) is 22.2 Å². The van der Waals surface area contributed by atoms with E-state index in [-0.39, 0.29) is 22.6 Å². The zero-order chi connectivity index (χ0) is 14.7. The fourth-order valence-corrected chi connectivity index (χ4v) is 2.48. The van der Waals surface area contributed by atoms with Gasteiger partial charge in [0.05, 0.1) is 12.5 Å². The van der Waals surface area contributed by atoms with Gasteiger partial charge in [-0.25, -0.2) is 8.78 Å². The molecular weight excluding hydrogens is 305 g/mol. The van der Waals surface area contributed by atoms with Gasteiger partial charge in [-0.1, -0.05) is 23.7 Å². The normalized spacial score (nSPS) is 12.2. The monoisotopic (exact) mass is 316 g/mol. The van der Waals surface area contributed by atoms with Gasteiger partial charge in [-0.3, -0.25) is 0 Å². The van der Waals surface area contributed by atoms with Crippen LogP contribution in [0.4, 0.5) is 8.78 Å². The molecule has 1 nitrogen and oxygen atoms in total. The topological polar surface area (TPSA) is 9.23 Å². The molecule has 0 aromatic heterocycles. The maximum atomic E-state index is 13.9. The fraction of sp³-hybridized carbons (Fsp3) is 0.200. The molecule has 1 unspecified atom stereocenters. The van der Waals surface area contributed by atoms with Gasteiger partial charge in [0.25, 0.3) is 0 Å². The van der Waals surface area contributed by atoms with Crippen LogP contribution in [0.1, 0.15) is 16.5 Å². The molecule has 0 fully saturated rings. The van der Waals surface area contributed by atoms with E-state index in [1.807, 2.05) is 0 Å². The van der Waals surface area contributed by atoms with Crippen LogP contribution < -0.4 is 4.74 Å². The Labute approximate surface area is 126 Å². The lowest BCUT2D eigenvalue weighted by atomic mass is 10.0. The molecule has 0 amide bonds. The van der Waals surface area contributed by atoms with Crippen molar-refractivity contribution >= 4 is 23.2 Å². The van der Waals surface area contributed by atoms with Crippen LogP contribution in [-0.4, -0.2) is 7.11 Å². The smallest absolute Gasteiger partial charge is 0.131 e. The molecule has 0 aliphatic rings. The molecule has 0 saturated carbocycles. The molecule has 0 N–H and O–H groups in total. The van der Waals surface area contributed by atoms with Gasteiger partial charge in [-0.2, -0.15) is 0 Å². The number of hydrogen-bond donors (Lipinski definition) is 0. The standard InChI is InChI=1S/C15H12Cl2F2O/c1-20-9-5-6-10(15(19)7-9)13(17)8-11-12(16)3-2-4-14(11)18/h2-7,13H,8H2,1H3. The Hall–Kier alpha value is -1.32. The van der Waals surface area contributed by atoms with Gasteiger partial charge in [0.2, 0.25) is 0 Å². The molecule has 106 valence electrons. The van der Waals surface area contributed by atoms with Crippen molar-refractivity contribution in [2.24, 2.45) is 0 Å². The first kappa shape index (κ1) is 15.1. The van der Waals surface area contributed by atoms with E-state index in [0.717, 1.165) is 0 Å². The maximum Gasteiger partial charge on any atom is 0.131 e. The van der Waals surface area contributed by atoms with Gasteiger partial charge in [-0.15, -0.1) is 11.6 Å². The molecule has 5 heteroatoms. The minimum atomic E-state index is -0.713. The molecule has 2 aromatic rings. The molecule has 0 heterocycles. The second kappa shape index (κ2) is 6.42. The van der Waals surface area contributed by atoms with Gasteiger partial charge in [0.15, 0.2) is 0 Å². The molecular formula is C15H12Cl2F2O. The Morgan fingerprint density at radius 2 is 1.90 bits per heavy atom. The average Bonchev–Trinajstić information content (AvgIpc) is 2.42. The van der Waals surface area contributed by atoms with Crippen molar-refractivity contribution in [2.45, 2.75) is 11.8 Å². The van der Waals surface area contributed by atoms with E-state index in [4.69, 9.17) is 27.9 Å². The summed E-state index contributed by atoms with van der Waals surface area (Å²) in [5.41, 5.74) is 0.566. The average molecular weight is 317 g/mol. The molecule has 0 radical (unpaired) electrons. The third-order valence-corrected chi connectivity index (χ3v) is 3.73. The Balaban J connectivity index is 2.26. The van der Waals surface area contributed by atoms with Crippen molar-refractivity contribution in [3.63, 3.8) is 0 Å². The van der Waals surface area contributed by atoms with Crippen LogP contribution >= 0.6 is 23.2 Å². The van der Waals surface area contributed by atoms with E-state index in [2.05, 4.69) is 0 Å². The highest BCUT2D eigenvalue weighted by atomic mass is 35.5. The highest BCUT2D eigenvalue weighted by Crippen LogP contribution is 2.32. The SMILES string of the molecule is COc1ccc(C(Cl)Cc2c(F)cccc2Cl)c(F)c1. The summed E-state index contributed by atoms with van der Waals surface area (Å²) in [5, 5.41) is -0.431. The summed E-state index contributed by atoms with van der Waals surface area (Å²) in [5.74, 6) is -0.534. The number of rotatable bonds is 4. The third-order valence-electron chi connectivity index (χ3n) is 2.99. The summed E-state index contributed by atoms with van der Waals surface area (Å²) in [7, 11) is 1.45. The lowest BCUT2D eigenvalue weighted by Crippen LogP contribution is -2.02. The van der Waals surface area contributed by atoms with Crippen molar-refractivity contribution in [1.29, 1.82) is 0 Å². The fourth-order valence-electron chi connectivity index (χ4n) is 1.91. The van der Waals surface area contributed by atoms with Crippen LogP contribution in [0.3, 0.4) is 0 Å². The number of methoxy groups -OCH3 is 1. The number of alkyl halides is 1. The van der Waals surface area contributed by atoms with Crippen LogP contribution in [0.5, 0.6) is 5.75 Å². The predicted octanol–water partition coefficient (Wildman–Crippen LogP) is 5.15. The summed E-state index contributed by atoms with van der Waals surface area (Å²) in [6.45, 7) is 0. The molecule has 2 rings (SSSR count). The third kappa shape index (κ3) is 3.22. The molecule has 0 aliphatic carbocycles. The largest absolute Gasteiger partial charge is 0.497 e. The van der Waals surface area contributed by atoms with Gasteiger partial charge in [-0.05, 0) is 24.6 Å². The van der Waals surface area contributed by atoms with Crippen LogP contribution in [0.25, 0.3) is 0 Å². The second-order valence-corrected chi connectivity index (χ2v) is 5.19. The van der Waals surface area contributed by atoms with E-state index >= 15 is 0 Å². The van der Waals surface area contributed by atoms with Gasteiger partial charge >= 0.3 is 0 Å². The predicted molar refractivity (Wildman–Crippen MR) is 76.7 cm³/mol. The number of hydrogen-bond acceptors (Lipinski definition) is 1. The summed E-state index contributed by atoms with van der Waals surface area (Å²) in [6.07, 6.45) is 0.107. The summed E-state index contributed by atoms with van der Waals surface area (Å²) in [4.78, 5) is 0. The maximum absolute atomic E-state index is 13.9. The first-order chi connectivity index (χ1) is 9.52. The van der Waals surface area contributed by atoms with Crippen molar-refractivity contribution in [2.75, 3.05) is 7.11 Å². The zero-order valence-corrected chi connectivity index (χ0v) is 12.2. The van der Waals surface area contributed by atoms with Crippen molar-refractivity contribution < 1.29 is 13.5 Å². The Kier molecular flexibility index (Phi) is 4.84. The number of ether oxygens (including phenoxy) is 1. The molecule has 0 saturated heterocycles. The first-order valence-electron chi connectivity index (χ1n) is 5.93. The van der Waals surface area contributed by atoms with E-state index in [0.29, 0.717) is 5.75 Å². The lowest BCUT2D eigenvalue weighted by Gasteiger charge is -2.13. The molecule has 0 bridgehead atoms. The zero-order valence-electron chi connectivity index (χ0n) is 10.7. The molecule has 0 aliphatic heterocycles. The van der Waals surface area contributed by atoms with Crippen LogP contribution in [0.2, 0.25) is 5.02 Å². The second-order valence-electron chi connectivity index (χ2n) is 4.26. The minimum Gasteiger partial charge on any atom is -0.497 e. The number of halogens is 4. The van der Waals surface area contributed by atoms with Crippen molar-refractivity contribution in [3.8, 4) is 5.75 Å². The molecule has 0 spiro atoms. The molecule has 2 aromatic carbocycles. The summed E-state index contributed by atoms with van der Waals surface area (Å²) < 4.78 is 32.5. The summed E-state index contributed by atoms with van der Waals surface area (Å²) in [6, 6.07) is 8.77. The van der Waals surface area contributed by atoms with Gasteiger partial charge in [0.1, 0.15) is 17.4 Å². The molecule has 1 atom stereocenters. The van der Waals surface area contributed by atoms with E-state index in [1.165, 1.54) is 31.4 Å². The van der Waals surface area contributed by atoms with E-state index < -0.39 is 17.0 Å². The highest BCUT2D eigenvalue weighted by Gasteiger charge is 2.18. The quantitative estimate of drug-likeness (QED) is 0.709. The van der Waals surface area contributed by atoms with Crippen LogP contribution in [0, 0.1) is 11.6 Å². The first-order valence-corrected chi connectivity index (χ1v) is 6.74. The Morgan fingerprint density at radius 1 is 1.15 bits per heavy atom. The molecule has 20 heavy (non-hydrogen) atoms. The minimum absolute atomic E-state index is 0.107. The van der Waals surface area contributed by atoms with Crippen molar-refractivity contribution in [3.05, 3.63) is 64.2 Å². The highest BCUT2D eigenvalue weighted by molar-refractivity contribution is 6.31. The lowest BCUT2D eigenvalue weighted by molar-refractivity contribution is 0.410. The summed E-state index contributed by atoms with van der Waals surface area (Å²) >= 11 is 12.1. The van der Waals surface area contributed by atoms with E-state index in [1.54, 1.807) is 12.1 Å². The van der Waals surface area contributed by atoms with Crippen molar-refractivity contribution in [1.82, 2.24) is 0 Å². The Morgan fingerprint density at radius 3 is 2.50 bits per heavy atom.